The van der Waals surface area contributed by atoms with Crippen LogP contribution in [-0.4, -0.2) is 20.5 Å². The van der Waals surface area contributed by atoms with Crippen LogP contribution in [0.3, 0.4) is 0 Å². The highest BCUT2D eigenvalue weighted by atomic mass is 32.1. The van der Waals surface area contributed by atoms with E-state index in [4.69, 9.17) is 18.0 Å². The van der Waals surface area contributed by atoms with Gasteiger partial charge >= 0.3 is 0 Å². The molecule has 3 N–H and O–H groups in total. The smallest absolute Gasteiger partial charge is 0.237 e. The summed E-state index contributed by atoms with van der Waals surface area (Å²) in [4.78, 5) is 12.1. The topological polar surface area (TPSA) is 80.9 Å². The largest absolute Gasteiger partial charge is 0.392 e. The van der Waals surface area contributed by atoms with E-state index in [1.807, 2.05) is 6.92 Å². The number of carbonyl (C=O) groups excluding carboxylic acids is 1. The van der Waals surface area contributed by atoms with Gasteiger partial charge in [-0.1, -0.05) is 23.6 Å². The Bertz CT molecular complexity index is 365. The van der Waals surface area contributed by atoms with Crippen molar-refractivity contribution in [2.45, 2.75) is 20.3 Å². The van der Waals surface area contributed by atoms with E-state index in [1.54, 1.807) is 6.92 Å². The maximum Gasteiger partial charge on any atom is 0.237 e. The third-order valence-electron chi connectivity index (χ3n) is 2.35. The van der Waals surface area contributed by atoms with Crippen LogP contribution in [0.15, 0.2) is 6.20 Å². The molecule has 1 rings (SSSR count). The lowest BCUT2D eigenvalue weighted by Crippen LogP contribution is -2.43. The summed E-state index contributed by atoms with van der Waals surface area (Å²) in [7, 11) is 0. The predicted octanol–water partition coefficient (Wildman–Crippen LogP) is 1.18. The fourth-order valence-electron chi connectivity index (χ4n) is 0.919. The fraction of sp³-hybridized carbons (Fsp3) is 0.500. The molecule has 1 atom stereocenters. The highest BCUT2D eigenvalue weighted by Crippen LogP contribution is 2.24. The highest BCUT2D eigenvalue weighted by molar-refractivity contribution is 7.80. The molecule has 1 unspecified atom stereocenters. The van der Waals surface area contributed by atoms with E-state index in [-0.39, 0.29) is 10.9 Å². The van der Waals surface area contributed by atoms with Crippen LogP contribution in [0.25, 0.3) is 0 Å². The summed E-state index contributed by atoms with van der Waals surface area (Å²) < 4.78 is 3.64. The molecule has 1 amide bonds. The van der Waals surface area contributed by atoms with Crippen LogP contribution in [0.1, 0.15) is 20.3 Å². The zero-order valence-electron chi connectivity index (χ0n) is 8.48. The second kappa shape index (κ2) is 4.63. The molecule has 0 fully saturated rings. The third-order valence-corrected chi connectivity index (χ3v) is 3.38. The van der Waals surface area contributed by atoms with Crippen molar-refractivity contribution in [1.82, 2.24) is 9.59 Å². The number of amides is 1. The Balaban J connectivity index is 2.79. The molecule has 0 saturated carbocycles. The Morgan fingerprint density at radius 2 is 2.47 bits per heavy atom. The lowest BCUT2D eigenvalue weighted by molar-refractivity contribution is -0.121. The number of nitrogens with two attached hydrogens (primary N) is 1. The van der Waals surface area contributed by atoms with Crippen molar-refractivity contribution in [1.29, 1.82) is 0 Å². The summed E-state index contributed by atoms with van der Waals surface area (Å²) in [6.07, 6.45) is 2.04. The minimum atomic E-state index is -0.820. The first-order valence-corrected chi connectivity index (χ1v) is 5.57. The standard InChI is InChI=1S/C8H12N4OS2/c1-3-8(2,6(9)14)7(13)11-5-4-10-12-15-5/h4H,3H2,1-2H3,(H2,9,14)(H,11,13). The highest BCUT2D eigenvalue weighted by Gasteiger charge is 2.34. The molecule has 1 aromatic heterocycles. The van der Waals surface area contributed by atoms with E-state index in [2.05, 4.69) is 14.9 Å². The van der Waals surface area contributed by atoms with Gasteiger partial charge in [-0.05, 0) is 13.3 Å². The van der Waals surface area contributed by atoms with Gasteiger partial charge in [-0.3, -0.25) is 4.79 Å². The monoisotopic (exact) mass is 244 g/mol. The number of hydrogen-bond donors (Lipinski definition) is 2. The quantitative estimate of drug-likeness (QED) is 0.777. The number of anilines is 1. The van der Waals surface area contributed by atoms with Gasteiger partial charge in [0.05, 0.1) is 16.6 Å². The van der Waals surface area contributed by atoms with Crippen LogP contribution >= 0.6 is 23.8 Å². The summed E-state index contributed by atoms with van der Waals surface area (Å²) in [5, 5.41) is 6.89. The molecule has 0 radical (unpaired) electrons. The fourth-order valence-corrected chi connectivity index (χ4v) is 1.57. The van der Waals surface area contributed by atoms with E-state index < -0.39 is 5.41 Å². The van der Waals surface area contributed by atoms with Crippen LogP contribution in [0.4, 0.5) is 5.00 Å². The molecule has 0 saturated heterocycles. The number of thiocarbonyl (C=S) groups is 1. The molecule has 15 heavy (non-hydrogen) atoms. The first-order valence-electron chi connectivity index (χ1n) is 4.39. The van der Waals surface area contributed by atoms with Crippen LogP contribution in [0.2, 0.25) is 0 Å². The van der Waals surface area contributed by atoms with Gasteiger partial charge in [0, 0.05) is 11.5 Å². The summed E-state index contributed by atoms with van der Waals surface area (Å²) in [6, 6.07) is 0. The number of rotatable bonds is 4. The molecule has 0 aliphatic carbocycles. The number of nitrogens with one attached hydrogen (secondary N) is 1. The van der Waals surface area contributed by atoms with Crippen LogP contribution < -0.4 is 11.1 Å². The lowest BCUT2D eigenvalue weighted by atomic mass is 9.86. The summed E-state index contributed by atoms with van der Waals surface area (Å²) in [5.74, 6) is -0.219. The van der Waals surface area contributed by atoms with Gasteiger partial charge in [0.1, 0.15) is 5.00 Å². The molecule has 82 valence electrons. The molecular formula is C8H12N4OS2. The number of hydrogen-bond acceptors (Lipinski definition) is 5. The lowest BCUT2D eigenvalue weighted by Gasteiger charge is -2.24. The van der Waals surface area contributed by atoms with E-state index in [9.17, 15) is 4.79 Å². The average molecular weight is 244 g/mol. The van der Waals surface area contributed by atoms with Crippen molar-refractivity contribution in [2.75, 3.05) is 5.32 Å². The minimum Gasteiger partial charge on any atom is -0.392 e. The van der Waals surface area contributed by atoms with Gasteiger partial charge < -0.3 is 11.1 Å². The minimum absolute atomic E-state index is 0.194. The van der Waals surface area contributed by atoms with Gasteiger partial charge in [-0.25, -0.2) is 0 Å². The first-order chi connectivity index (χ1) is 7.00. The van der Waals surface area contributed by atoms with E-state index in [0.717, 1.165) is 11.5 Å². The maximum absolute atomic E-state index is 11.9. The normalized spacial score (nSPS) is 14.3. The van der Waals surface area contributed by atoms with E-state index >= 15 is 0 Å². The van der Waals surface area contributed by atoms with E-state index in [1.165, 1.54) is 6.20 Å². The van der Waals surface area contributed by atoms with Gasteiger partial charge in [-0.15, -0.1) is 5.10 Å². The van der Waals surface area contributed by atoms with E-state index in [0.29, 0.717) is 11.4 Å². The first kappa shape index (κ1) is 12.0. The number of carbonyl (C=O) groups is 1. The van der Waals surface area contributed by atoms with Gasteiger partial charge in [0.2, 0.25) is 5.91 Å². The second-order valence-electron chi connectivity index (χ2n) is 3.29. The molecule has 0 aromatic carbocycles. The summed E-state index contributed by atoms with van der Waals surface area (Å²) >= 11 is 6.00. The van der Waals surface area contributed by atoms with Crippen LogP contribution in [0, 0.1) is 5.41 Å². The zero-order valence-corrected chi connectivity index (χ0v) is 10.1. The van der Waals surface area contributed by atoms with Gasteiger partial charge in [0.15, 0.2) is 0 Å². The molecular weight excluding hydrogens is 232 g/mol. The van der Waals surface area contributed by atoms with Gasteiger partial charge in [0.25, 0.3) is 0 Å². The Kier molecular flexibility index (Phi) is 3.70. The second-order valence-corrected chi connectivity index (χ2v) is 4.51. The maximum atomic E-state index is 11.9. The van der Waals surface area contributed by atoms with Crippen LogP contribution in [-0.2, 0) is 4.79 Å². The molecule has 0 bridgehead atoms. The number of nitrogens with zero attached hydrogens (tertiary/aromatic N) is 2. The van der Waals surface area contributed by atoms with Gasteiger partial charge in [-0.2, -0.15) is 0 Å². The molecule has 1 aromatic rings. The Labute approximate surface area is 97.2 Å². The third kappa shape index (κ3) is 2.48. The zero-order chi connectivity index (χ0) is 11.5. The SMILES string of the molecule is CCC(C)(C(=O)Nc1cnns1)C(N)=S. The Morgan fingerprint density at radius 3 is 2.87 bits per heavy atom. The summed E-state index contributed by atoms with van der Waals surface area (Å²) in [5.41, 5.74) is 4.73. The molecule has 0 aliphatic heterocycles. The Hall–Kier alpha value is -1.08. The van der Waals surface area contributed by atoms with Crippen molar-refractivity contribution >= 4 is 39.6 Å². The van der Waals surface area contributed by atoms with Crippen LogP contribution in [0.5, 0.6) is 0 Å². The van der Waals surface area contributed by atoms with Crippen molar-refractivity contribution in [3.05, 3.63) is 6.20 Å². The molecule has 1 heterocycles. The van der Waals surface area contributed by atoms with Crippen molar-refractivity contribution in [3.63, 3.8) is 0 Å². The molecule has 0 spiro atoms. The molecule has 0 aliphatic rings. The summed E-state index contributed by atoms with van der Waals surface area (Å²) in [6.45, 7) is 3.59. The van der Waals surface area contributed by atoms with Crippen molar-refractivity contribution in [3.8, 4) is 0 Å². The van der Waals surface area contributed by atoms with Crippen molar-refractivity contribution in [2.24, 2.45) is 11.1 Å². The number of aromatic nitrogens is 2. The van der Waals surface area contributed by atoms with Crippen molar-refractivity contribution < 1.29 is 4.79 Å². The molecule has 5 nitrogen and oxygen atoms in total. The molecule has 7 heteroatoms. The predicted molar refractivity (Wildman–Crippen MR) is 63.7 cm³/mol. The Morgan fingerprint density at radius 1 is 1.80 bits per heavy atom. The average Bonchev–Trinajstić information content (AvgIpc) is 2.68.